The first kappa shape index (κ1) is 25.2. The molecule has 0 heterocycles. The van der Waals surface area contributed by atoms with Gasteiger partial charge in [0.25, 0.3) is 0 Å². The molecule has 0 aromatic carbocycles. The van der Waals surface area contributed by atoms with E-state index in [9.17, 15) is 9.59 Å². The first-order valence-electron chi connectivity index (χ1n) is 9.81. The van der Waals surface area contributed by atoms with Crippen LogP contribution >= 0.6 is 0 Å². The highest BCUT2D eigenvalue weighted by Gasteiger charge is 1.94. The fourth-order valence-electron chi connectivity index (χ4n) is 2.20. The summed E-state index contributed by atoms with van der Waals surface area (Å²) in [6.45, 7) is 8.50. The van der Waals surface area contributed by atoms with Crippen molar-refractivity contribution in [3.8, 4) is 0 Å². The van der Waals surface area contributed by atoms with Gasteiger partial charge in [0, 0.05) is 13.8 Å². The quantitative estimate of drug-likeness (QED) is 0.294. The molecule has 0 amide bonds. The fourth-order valence-corrected chi connectivity index (χ4v) is 2.20. The van der Waals surface area contributed by atoms with Gasteiger partial charge in [-0.25, -0.2) is 0 Å². The van der Waals surface area contributed by atoms with Crippen LogP contribution in [0.4, 0.5) is 0 Å². The van der Waals surface area contributed by atoms with E-state index in [2.05, 4.69) is 13.8 Å². The fraction of sp³-hybridized carbons (Fsp3) is 0.900. The summed E-state index contributed by atoms with van der Waals surface area (Å²) < 4.78 is 9.60. The monoisotopic (exact) mass is 344 g/mol. The van der Waals surface area contributed by atoms with E-state index in [0.29, 0.717) is 13.2 Å². The zero-order valence-corrected chi connectivity index (χ0v) is 16.5. The Morgan fingerprint density at radius 3 is 1.17 bits per heavy atom. The van der Waals surface area contributed by atoms with Gasteiger partial charge >= 0.3 is 11.9 Å². The van der Waals surface area contributed by atoms with Crippen molar-refractivity contribution in [1.29, 1.82) is 0 Å². The molecule has 0 aliphatic rings. The van der Waals surface area contributed by atoms with Crippen molar-refractivity contribution in [2.75, 3.05) is 13.2 Å². The number of hydrogen-bond donors (Lipinski definition) is 0. The SMILES string of the molecule is CCCCCCCCCCOC(C)=O.CCCCCCOC(C)=O. The molecule has 144 valence electrons. The molecule has 0 aromatic rings. The molecule has 24 heavy (non-hydrogen) atoms. The number of carbonyl (C=O) groups excluding carboxylic acids is 2. The number of unbranched alkanes of at least 4 members (excludes halogenated alkanes) is 10. The zero-order chi connectivity index (χ0) is 18.5. The second-order valence-electron chi connectivity index (χ2n) is 6.22. The third-order valence-electron chi connectivity index (χ3n) is 3.61. The highest BCUT2D eigenvalue weighted by molar-refractivity contribution is 5.66. The van der Waals surface area contributed by atoms with Gasteiger partial charge in [0.1, 0.15) is 0 Å². The molecule has 0 aliphatic heterocycles. The Balaban J connectivity index is 0. The second kappa shape index (κ2) is 21.9. The molecule has 0 rings (SSSR count). The van der Waals surface area contributed by atoms with Crippen molar-refractivity contribution < 1.29 is 19.1 Å². The summed E-state index contributed by atoms with van der Waals surface area (Å²) in [5.41, 5.74) is 0. The Bertz CT molecular complexity index is 277. The first-order chi connectivity index (χ1) is 11.5. The number of carbonyl (C=O) groups is 2. The van der Waals surface area contributed by atoms with Crippen LogP contribution in [0, 0.1) is 0 Å². The van der Waals surface area contributed by atoms with E-state index in [4.69, 9.17) is 9.47 Å². The molecular formula is C20H40O4. The van der Waals surface area contributed by atoms with Crippen molar-refractivity contribution in [3.63, 3.8) is 0 Å². The Morgan fingerprint density at radius 1 is 0.542 bits per heavy atom. The van der Waals surface area contributed by atoms with Crippen LogP contribution in [0.3, 0.4) is 0 Å². The van der Waals surface area contributed by atoms with Crippen LogP contribution in [0.25, 0.3) is 0 Å². The molecular weight excluding hydrogens is 304 g/mol. The van der Waals surface area contributed by atoms with Crippen LogP contribution in [0.1, 0.15) is 105 Å². The molecule has 0 aliphatic carbocycles. The zero-order valence-electron chi connectivity index (χ0n) is 16.5. The highest BCUT2D eigenvalue weighted by atomic mass is 16.5. The lowest BCUT2D eigenvalue weighted by atomic mass is 10.1. The summed E-state index contributed by atoms with van der Waals surface area (Å²) in [6.07, 6.45) is 14.9. The molecule has 0 aromatic heterocycles. The normalized spacial score (nSPS) is 9.83. The van der Waals surface area contributed by atoms with E-state index in [-0.39, 0.29) is 11.9 Å². The minimum absolute atomic E-state index is 0.159. The molecule has 0 N–H and O–H groups in total. The van der Waals surface area contributed by atoms with Crippen molar-refractivity contribution in [2.45, 2.75) is 105 Å². The van der Waals surface area contributed by atoms with Gasteiger partial charge < -0.3 is 9.47 Å². The van der Waals surface area contributed by atoms with E-state index in [1.54, 1.807) is 0 Å². The second-order valence-corrected chi connectivity index (χ2v) is 6.22. The maximum atomic E-state index is 10.4. The number of esters is 2. The molecule has 0 bridgehead atoms. The largest absolute Gasteiger partial charge is 0.466 e. The summed E-state index contributed by atoms with van der Waals surface area (Å²) in [4.78, 5) is 20.7. The molecule has 4 nitrogen and oxygen atoms in total. The third kappa shape index (κ3) is 29.0. The summed E-state index contributed by atoms with van der Waals surface area (Å²) in [5.74, 6) is -0.329. The van der Waals surface area contributed by atoms with Gasteiger partial charge in [-0.15, -0.1) is 0 Å². The van der Waals surface area contributed by atoms with E-state index >= 15 is 0 Å². The predicted molar refractivity (Wildman–Crippen MR) is 100 cm³/mol. The molecule has 0 saturated carbocycles. The van der Waals surface area contributed by atoms with Gasteiger partial charge in [0.05, 0.1) is 13.2 Å². The lowest BCUT2D eigenvalue weighted by molar-refractivity contribution is -0.142. The third-order valence-corrected chi connectivity index (χ3v) is 3.61. The highest BCUT2D eigenvalue weighted by Crippen LogP contribution is 2.08. The van der Waals surface area contributed by atoms with Crippen LogP contribution in [0.5, 0.6) is 0 Å². The van der Waals surface area contributed by atoms with E-state index < -0.39 is 0 Å². The molecule has 0 unspecified atom stereocenters. The van der Waals surface area contributed by atoms with Gasteiger partial charge in [0.2, 0.25) is 0 Å². The number of ether oxygens (including phenoxy) is 2. The van der Waals surface area contributed by atoms with Crippen LogP contribution in [0.15, 0.2) is 0 Å². The van der Waals surface area contributed by atoms with Crippen LogP contribution in [-0.2, 0) is 19.1 Å². The average Bonchev–Trinajstić information content (AvgIpc) is 2.53. The Kier molecular flexibility index (Phi) is 23.0. The average molecular weight is 345 g/mol. The van der Waals surface area contributed by atoms with Crippen molar-refractivity contribution in [3.05, 3.63) is 0 Å². The van der Waals surface area contributed by atoms with E-state index in [0.717, 1.165) is 12.8 Å². The van der Waals surface area contributed by atoms with Gasteiger partial charge in [-0.2, -0.15) is 0 Å². The molecule has 0 atom stereocenters. The van der Waals surface area contributed by atoms with Crippen LogP contribution < -0.4 is 0 Å². The summed E-state index contributed by atoms with van der Waals surface area (Å²) >= 11 is 0. The lowest BCUT2D eigenvalue weighted by Gasteiger charge is -2.02. The number of hydrogen-bond acceptors (Lipinski definition) is 4. The van der Waals surface area contributed by atoms with E-state index in [1.165, 1.54) is 78.1 Å². The predicted octanol–water partition coefficient (Wildman–Crippen LogP) is 5.82. The Morgan fingerprint density at radius 2 is 0.833 bits per heavy atom. The topological polar surface area (TPSA) is 52.6 Å². The lowest BCUT2D eigenvalue weighted by Crippen LogP contribution is -1.99. The summed E-state index contributed by atoms with van der Waals surface area (Å²) in [7, 11) is 0. The standard InChI is InChI=1S/C12H24O2.C8H16O2/c1-3-4-5-6-7-8-9-10-11-14-12(2)13;1-3-4-5-6-7-10-8(2)9/h3-11H2,1-2H3;3-7H2,1-2H3. The molecule has 0 radical (unpaired) electrons. The summed E-state index contributed by atoms with van der Waals surface area (Å²) in [6, 6.07) is 0. The number of rotatable bonds is 14. The molecule has 0 saturated heterocycles. The smallest absolute Gasteiger partial charge is 0.302 e. The van der Waals surface area contributed by atoms with Crippen LogP contribution in [-0.4, -0.2) is 25.2 Å². The van der Waals surface area contributed by atoms with Crippen molar-refractivity contribution in [1.82, 2.24) is 0 Å². The Hall–Kier alpha value is -1.06. The van der Waals surface area contributed by atoms with Crippen molar-refractivity contribution >= 4 is 11.9 Å². The van der Waals surface area contributed by atoms with Crippen LogP contribution in [0.2, 0.25) is 0 Å². The minimum atomic E-state index is -0.170. The maximum Gasteiger partial charge on any atom is 0.302 e. The van der Waals surface area contributed by atoms with Gasteiger partial charge in [-0.05, 0) is 12.8 Å². The minimum Gasteiger partial charge on any atom is -0.466 e. The maximum absolute atomic E-state index is 10.4. The summed E-state index contributed by atoms with van der Waals surface area (Å²) in [5, 5.41) is 0. The van der Waals surface area contributed by atoms with E-state index in [1.807, 2.05) is 0 Å². The molecule has 4 heteroatoms. The Labute approximate surface area is 149 Å². The van der Waals surface area contributed by atoms with Gasteiger partial charge in [-0.3, -0.25) is 9.59 Å². The molecule has 0 fully saturated rings. The van der Waals surface area contributed by atoms with Crippen molar-refractivity contribution in [2.24, 2.45) is 0 Å². The van der Waals surface area contributed by atoms with Gasteiger partial charge in [-0.1, -0.05) is 78.1 Å². The first-order valence-corrected chi connectivity index (χ1v) is 9.81. The molecule has 0 spiro atoms. The van der Waals surface area contributed by atoms with Gasteiger partial charge in [0.15, 0.2) is 0 Å².